The van der Waals surface area contributed by atoms with E-state index in [1.807, 2.05) is 0 Å². The van der Waals surface area contributed by atoms with Crippen LogP contribution >= 0.6 is 11.6 Å². The summed E-state index contributed by atoms with van der Waals surface area (Å²) in [4.78, 5) is 16.6. The summed E-state index contributed by atoms with van der Waals surface area (Å²) in [5.74, 6) is -0.834. The molecule has 32 heavy (non-hydrogen) atoms. The van der Waals surface area contributed by atoms with Gasteiger partial charge in [0.05, 0.1) is 16.2 Å². The number of alkyl halides is 3. The number of hydrogen-bond donors (Lipinski definition) is 1. The SMILES string of the molecule is CS(=O)(=O)c1ccc(CNC(=O)c2ccc(-c3cccc(OC(F)(F)F)c3)nc2)c(Cl)c1. The third kappa shape index (κ3) is 6.21. The van der Waals surface area contributed by atoms with Gasteiger partial charge < -0.3 is 10.1 Å². The fraction of sp³-hybridized carbons (Fsp3) is 0.143. The monoisotopic (exact) mass is 484 g/mol. The van der Waals surface area contributed by atoms with Gasteiger partial charge in [0.2, 0.25) is 0 Å². The van der Waals surface area contributed by atoms with Crippen LogP contribution in [-0.4, -0.2) is 31.9 Å². The van der Waals surface area contributed by atoms with E-state index in [0.717, 1.165) is 6.26 Å². The van der Waals surface area contributed by atoms with Gasteiger partial charge in [0.15, 0.2) is 9.84 Å². The second kappa shape index (κ2) is 9.17. The molecule has 0 unspecified atom stereocenters. The highest BCUT2D eigenvalue weighted by atomic mass is 35.5. The lowest BCUT2D eigenvalue weighted by Gasteiger charge is -2.10. The third-order valence-corrected chi connectivity index (χ3v) is 5.74. The quantitative estimate of drug-likeness (QED) is 0.551. The van der Waals surface area contributed by atoms with Crippen molar-refractivity contribution in [1.29, 1.82) is 0 Å². The number of sulfone groups is 1. The van der Waals surface area contributed by atoms with Crippen molar-refractivity contribution in [2.45, 2.75) is 17.8 Å². The Morgan fingerprint density at radius 1 is 1.12 bits per heavy atom. The number of hydrogen-bond acceptors (Lipinski definition) is 5. The van der Waals surface area contributed by atoms with Crippen LogP contribution in [0, 0.1) is 0 Å². The molecule has 0 atom stereocenters. The van der Waals surface area contributed by atoms with Crippen molar-refractivity contribution in [1.82, 2.24) is 10.3 Å². The lowest BCUT2D eigenvalue weighted by atomic mass is 10.1. The Morgan fingerprint density at radius 3 is 2.47 bits per heavy atom. The molecular formula is C21H16ClF3N2O4S. The molecule has 0 spiro atoms. The Balaban J connectivity index is 1.68. The summed E-state index contributed by atoms with van der Waals surface area (Å²) >= 11 is 6.10. The normalized spacial score (nSPS) is 11.8. The largest absolute Gasteiger partial charge is 0.573 e. The molecule has 11 heteroatoms. The van der Waals surface area contributed by atoms with Crippen molar-refractivity contribution in [2.75, 3.05) is 6.26 Å². The van der Waals surface area contributed by atoms with E-state index in [9.17, 15) is 26.4 Å². The van der Waals surface area contributed by atoms with Crippen molar-refractivity contribution in [3.05, 3.63) is 76.9 Å². The molecule has 0 bridgehead atoms. The minimum Gasteiger partial charge on any atom is -0.406 e. The Hall–Kier alpha value is -3.11. The van der Waals surface area contributed by atoms with Gasteiger partial charge in [-0.1, -0.05) is 29.8 Å². The molecule has 1 heterocycles. The Kier molecular flexibility index (Phi) is 6.75. The molecule has 0 saturated heterocycles. The van der Waals surface area contributed by atoms with Crippen molar-refractivity contribution >= 4 is 27.3 Å². The van der Waals surface area contributed by atoms with E-state index < -0.39 is 22.1 Å². The van der Waals surface area contributed by atoms with E-state index in [1.165, 1.54) is 54.7 Å². The molecule has 1 N–H and O–H groups in total. The summed E-state index contributed by atoms with van der Waals surface area (Å²) in [5.41, 5.74) is 1.49. The molecular weight excluding hydrogens is 469 g/mol. The lowest BCUT2D eigenvalue weighted by Crippen LogP contribution is -2.23. The van der Waals surface area contributed by atoms with Gasteiger partial charge in [-0.25, -0.2) is 8.42 Å². The third-order valence-electron chi connectivity index (χ3n) is 4.28. The van der Waals surface area contributed by atoms with Crippen LogP contribution in [0.15, 0.2) is 65.7 Å². The summed E-state index contributed by atoms with van der Waals surface area (Å²) < 4.78 is 64.2. The molecule has 0 fully saturated rings. The van der Waals surface area contributed by atoms with E-state index in [4.69, 9.17) is 11.6 Å². The number of rotatable bonds is 6. The van der Waals surface area contributed by atoms with E-state index in [1.54, 1.807) is 6.07 Å². The van der Waals surface area contributed by atoms with Gasteiger partial charge in [0, 0.05) is 29.6 Å². The Morgan fingerprint density at radius 2 is 1.88 bits per heavy atom. The number of carbonyl (C=O) groups excluding carboxylic acids is 1. The van der Waals surface area contributed by atoms with Gasteiger partial charge in [-0.05, 0) is 42.0 Å². The van der Waals surface area contributed by atoms with Crippen LogP contribution in [0.25, 0.3) is 11.3 Å². The van der Waals surface area contributed by atoms with E-state index in [0.29, 0.717) is 16.8 Å². The lowest BCUT2D eigenvalue weighted by molar-refractivity contribution is -0.274. The van der Waals surface area contributed by atoms with Crippen molar-refractivity contribution < 1.29 is 31.1 Å². The number of nitrogens with zero attached hydrogens (tertiary/aromatic N) is 1. The van der Waals surface area contributed by atoms with Crippen molar-refractivity contribution in [3.63, 3.8) is 0 Å². The first kappa shape index (κ1) is 23.6. The number of aromatic nitrogens is 1. The van der Waals surface area contributed by atoms with Crippen LogP contribution in [0.3, 0.4) is 0 Å². The summed E-state index contributed by atoms with van der Waals surface area (Å²) in [6.07, 6.45) is -2.45. The summed E-state index contributed by atoms with van der Waals surface area (Å²) in [6, 6.07) is 12.5. The van der Waals surface area contributed by atoms with Crippen LogP contribution in [0.2, 0.25) is 5.02 Å². The average Bonchev–Trinajstić information content (AvgIpc) is 2.71. The molecule has 3 aromatic rings. The second-order valence-electron chi connectivity index (χ2n) is 6.72. The average molecular weight is 485 g/mol. The van der Waals surface area contributed by atoms with Crippen LogP contribution in [0.1, 0.15) is 15.9 Å². The number of halogens is 4. The zero-order valence-corrected chi connectivity index (χ0v) is 18.1. The van der Waals surface area contributed by atoms with Gasteiger partial charge >= 0.3 is 6.36 Å². The molecule has 0 saturated carbocycles. The standard InChI is InChI=1S/C21H16ClF3N2O4S/c1-32(29,30)17-7-5-14(18(22)10-17)11-27-20(28)15-6-8-19(26-12-15)13-3-2-4-16(9-13)31-21(23,24)25/h2-10,12H,11H2,1H3,(H,27,28). The molecule has 0 aliphatic carbocycles. The highest BCUT2D eigenvalue weighted by Crippen LogP contribution is 2.27. The molecule has 2 aromatic carbocycles. The van der Waals surface area contributed by atoms with Gasteiger partial charge in [-0.15, -0.1) is 13.2 Å². The molecule has 1 aromatic heterocycles. The predicted molar refractivity (Wildman–Crippen MR) is 112 cm³/mol. The first-order valence-electron chi connectivity index (χ1n) is 9.01. The number of amides is 1. The van der Waals surface area contributed by atoms with Gasteiger partial charge in [0.25, 0.3) is 5.91 Å². The fourth-order valence-corrected chi connectivity index (χ4v) is 3.69. The fourth-order valence-electron chi connectivity index (χ4n) is 2.73. The van der Waals surface area contributed by atoms with E-state index in [-0.39, 0.29) is 27.8 Å². The molecule has 0 aliphatic heterocycles. The summed E-state index contributed by atoms with van der Waals surface area (Å²) in [5, 5.41) is 2.85. The van der Waals surface area contributed by atoms with Gasteiger partial charge in [0.1, 0.15) is 5.75 Å². The van der Waals surface area contributed by atoms with Crippen LogP contribution in [0.4, 0.5) is 13.2 Å². The zero-order valence-electron chi connectivity index (χ0n) is 16.5. The minimum absolute atomic E-state index is 0.0558. The Bertz CT molecular complexity index is 1250. The highest BCUT2D eigenvalue weighted by molar-refractivity contribution is 7.90. The van der Waals surface area contributed by atoms with Gasteiger partial charge in [-0.2, -0.15) is 0 Å². The zero-order chi connectivity index (χ0) is 23.5. The Labute approximate surface area is 186 Å². The minimum atomic E-state index is -4.80. The number of nitrogens with one attached hydrogen (secondary N) is 1. The molecule has 0 radical (unpaired) electrons. The predicted octanol–water partition coefficient (Wildman–Crippen LogP) is 4.63. The molecule has 168 valence electrons. The number of benzene rings is 2. The number of ether oxygens (including phenoxy) is 1. The van der Waals surface area contributed by atoms with Crippen LogP contribution in [-0.2, 0) is 16.4 Å². The smallest absolute Gasteiger partial charge is 0.406 e. The number of carbonyl (C=O) groups is 1. The van der Waals surface area contributed by atoms with Gasteiger partial charge in [-0.3, -0.25) is 9.78 Å². The molecule has 0 aliphatic rings. The number of pyridine rings is 1. The summed E-state index contributed by atoms with van der Waals surface area (Å²) in [7, 11) is -3.40. The van der Waals surface area contributed by atoms with E-state index in [2.05, 4.69) is 15.0 Å². The van der Waals surface area contributed by atoms with Crippen LogP contribution < -0.4 is 10.1 Å². The van der Waals surface area contributed by atoms with E-state index >= 15 is 0 Å². The van der Waals surface area contributed by atoms with Crippen LogP contribution in [0.5, 0.6) is 5.75 Å². The first-order chi connectivity index (χ1) is 14.9. The second-order valence-corrected chi connectivity index (χ2v) is 9.14. The maximum absolute atomic E-state index is 12.4. The highest BCUT2D eigenvalue weighted by Gasteiger charge is 2.31. The topological polar surface area (TPSA) is 85.4 Å². The molecule has 6 nitrogen and oxygen atoms in total. The maximum atomic E-state index is 12.4. The van der Waals surface area contributed by atoms with Crippen molar-refractivity contribution in [3.8, 4) is 17.0 Å². The maximum Gasteiger partial charge on any atom is 0.573 e. The molecule has 1 amide bonds. The molecule has 3 rings (SSSR count). The first-order valence-corrected chi connectivity index (χ1v) is 11.3. The summed E-state index contributed by atoms with van der Waals surface area (Å²) in [6.45, 7) is 0.0558. The van der Waals surface area contributed by atoms with Crippen molar-refractivity contribution in [2.24, 2.45) is 0 Å².